The molecule has 1 aromatic carbocycles. The minimum absolute atomic E-state index is 0.00619. The van der Waals surface area contributed by atoms with E-state index >= 15 is 0 Å². The Bertz CT molecular complexity index is 876. The van der Waals surface area contributed by atoms with E-state index in [-0.39, 0.29) is 12.1 Å². The molecular formula is C24H36N4O. The van der Waals surface area contributed by atoms with Gasteiger partial charge in [0.25, 0.3) is 5.91 Å². The maximum atomic E-state index is 13.1. The number of fused-ring (bicyclic) bond motifs is 1. The average molecular weight is 397 g/mol. The quantitative estimate of drug-likeness (QED) is 0.649. The third kappa shape index (κ3) is 3.79. The van der Waals surface area contributed by atoms with E-state index in [4.69, 9.17) is 4.98 Å². The van der Waals surface area contributed by atoms with Crippen molar-refractivity contribution < 1.29 is 4.79 Å². The predicted octanol–water partition coefficient (Wildman–Crippen LogP) is 5.74. The van der Waals surface area contributed by atoms with Gasteiger partial charge in [-0.15, -0.1) is 0 Å². The molecule has 0 saturated carbocycles. The summed E-state index contributed by atoms with van der Waals surface area (Å²) in [5.74, 6) is 1.81. The third-order valence-corrected chi connectivity index (χ3v) is 6.06. The molecule has 2 atom stereocenters. The minimum Gasteiger partial charge on any atom is -0.330 e. The summed E-state index contributed by atoms with van der Waals surface area (Å²) in [6.45, 7) is 15.0. The number of benzene rings is 1. The molecule has 158 valence electrons. The summed E-state index contributed by atoms with van der Waals surface area (Å²) in [4.78, 5) is 20.4. The van der Waals surface area contributed by atoms with Crippen molar-refractivity contribution in [3.05, 3.63) is 40.3 Å². The SMILES string of the molecule is CCCCC(CC)n1c(CC)nc2c1C(=O)NC(C)N2c1c(C)cc(C)cc1C. The van der Waals surface area contributed by atoms with Crippen molar-refractivity contribution in [2.45, 2.75) is 92.8 Å². The van der Waals surface area contributed by atoms with Crippen LogP contribution in [0.1, 0.15) is 92.4 Å². The fourth-order valence-electron chi connectivity index (χ4n) is 4.80. The van der Waals surface area contributed by atoms with Crippen LogP contribution in [0.5, 0.6) is 0 Å². The molecule has 1 amide bonds. The number of amides is 1. The second-order valence-corrected chi connectivity index (χ2v) is 8.39. The fourth-order valence-corrected chi connectivity index (χ4v) is 4.80. The van der Waals surface area contributed by atoms with Crippen molar-refractivity contribution in [3.63, 3.8) is 0 Å². The second kappa shape index (κ2) is 8.60. The van der Waals surface area contributed by atoms with Gasteiger partial charge in [-0.3, -0.25) is 4.79 Å². The van der Waals surface area contributed by atoms with Gasteiger partial charge in [-0.05, 0) is 51.7 Å². The molecule has 5 nitrogen and oxygen atoms in total. The van der Waals surface area contributed by atoms with Crippen molar-refractivity contribution in [3.8, 4) is 0 Å². The lowest BCUT2D eigenvalue weighted by Gasteiger charge is -2.37. The van der Waals surface area contributed by atoms with E-state index in [0.717, 1.165) is 55.1 Å². The van der Waals surface area contributed by atoms with Crippen molar-refractivity contribution in [1.82, 2.24) is 14.9 Å². The van der Waals surface area contributed by atoms with Crippen LogP contribution in [0.25, 0.3) is 0 Å². The zero-order chi connectivity index (χ0) is 21.3. The fraction of sp³-hybridized carbons (Fsp3) is 0.583. The average Bonchev–Trinajstić information content (AvgIpc) is 3.04. The molecule has 0 aliphatic carbocycles. The smallest absolute Gasteiger partial charge is 0.273 e. The summed E-state index contributed by atoms with van der Waals surface area (Å²) in [6, 6.07) is 4.72. The first-order chi connectivity index (χ1) is 13.8. The summed E-state index contributed by atoms with van der Waals surface area (Å²) in [5, 5.41) is 3.19. The maximum absolute atomic E-state index is 13.1. The molecule has 1 aliphatic heterocycles. The van der Waals surface area contributed by atoms with Crippen LogP contribution >= 0.6 is 0 Å². The number of anilines is 2. The van der Waals surface area contributed by atoms with E-state index in [1.807, 2.05) is 6.92 Å². The van der Waals surface area contributed by atoms with Crippen LogP contribution in [0.4, 0.5) is 11.5 Å². The van der Waals surface area contributed by atoms with Gasteiger partial charge in [-0.1, -0.05) is 51.3 Å². The highest BCUT2D eigenvalue weighted by Gasteiger charge is 2.37. The summed E-state index contributed by atoms with van der Waals surface area (Å²) in [6.07, 6.45) is 5.07. The van der Waals surface area contributed by atoms with Crippen LogP contribution in [-0.4, -0.2) is 21.6 Å². The van der Waals surface area contributed by atoms with Gasteiger partial charge in [0.15, 0.2) is 11.5 Å². The number of unbranched alkanes of at least 4 members (excludes halogenated alkanes) is 1. The molecule has 1 N–H and O–H groups in total. The Balaban J connectivity index is 2.22. The number of hydrogen-bond acceptors (Lipinski definition) is 3. The summed E-state index contributed by atoms with van der Waals surface area (Å²) in [5.41, 5.74) is 5.55. The van der Waals surface area contributed by atoms with Crippen LogP contribution in [0.3, 0.4) is 0 Å². The van der Waals surface area contributed by atoms with Crippen LogP contribution in [-0.2, 0) is 6.42 Å². The molecule has 0 radical (unpaired) electrons. The normalized spacial score (nSPS) is 17.3. The molecule has 0 spiro atoms. The molecular weight excluding hydrogens is 360 g/mol. The van der Waals surface area contributed by atoms with Crippen LogP contribution in [0.15, 0.2) is 12.1 Å². The molecule has 5 heteroatoms. The first kappa shape index (κ1) is 21.4. The van der Waals surface area contributed by atoms with Gasteiger partial charge in [-0.25, -0.2) is 4.98 Å². The standard InChI is InChI=1S/C24H36N4O/c1-8-11-12-19(9-2)28-20(10-3)26-23-22(28)24(29)25-18(7)27(23)21-16(5)13-15(4)14-17(21)6/h13-14,18-19H,8-12H2,1-7H3,(H,25,29). The van der Waals surface area contributed by atoms with Gasteiger partial charge < -0.3 is 14.8 Å². The molecule has 1 aromatic heterocycles. The Morgan fingerprint density at radius 3 is 2.34 bits per heavy atom. The van der Waals surface area contributed by atoms with Gasteiger partial charge in [0.1, 0.15) is 12.0 Å². The monoisotopic (exact) mass is 396 g/mol. The van der Waals surface area contributed by atoms with E-state index in [0.29, 0.717) is 6.04 Å². The molecule has 2 unspecified atom stereocenters. The van der Waals surface area contributed by atoms with Gasteiger partial charge >= 0.3 is 0 Å². The highest BCUT2D eigenvalue weighted by atomic mass is 16.2. The number of rotatable bonds is 7. The minimum atomic E-state index is -0.140. The number of imidazole rings is 1. The van der Waals surface area contributed by atoms with Gasteiger partial charge in [0, 0.05) is 12.5 Å². The highest BCUT2D eigenvalue weighted by Crippen LogP contribution is 2.39. The van der Waals surface area contributed by atoms with Crippen molar-refractivity contribution in [2.75, 3.05) is 4.90 Å². The number of carbonyl (C=O) groups is 1. The first-order valence-corrected chi connectivity index (χ1v) is 11.1. The Kier molecular flexibility index (Phi) is 6.35. The number of nitrogens with zero attached hydrogens (tertiary/aromatic N) is 3. The molecule has 2 aromatic rings. The maximum Gasteiger partial charge on any atom is 0.273 e. The van der Waals surface area contributed by atoms with E-state index in [9.17, 15) is 4.79 Å². The predicted molar refractivity (Wildman–Crippen MR) is 120 cm³/mol. The molecule has 0 saturated heterocycles. The number of aromatic nitrogens is 2. The lowest BCUT2D eigenvalue weighted by Crippen LogP contribution is -2.50. The summed E-state index contributed by atoms with van der Waals surface area (Å²) in [7, 11) is 0. The van der Waals surface area contributed by atoms with Gasteiger partial charge in [0.05, 0.1) is 5.69 Å². The Hall–Kier alpha value is -2.30. The Morgan fingerprint density at radius 1 is 1.14 bits per heavy atom. The van der Waals surface area contributed by atoms with Crippen LogP contribution in [0, 0.1) is 20.8 Å². The largest absolute Gasteiger partial charge is 0.330 e. The van der Waals surface area contributed by atoms with Crippen LogP contribution < -0.4 is 10.2 Å². The highest BCUT2D eigenvalue weighted by molar-refractivity contribution is 6.01. The van der Waals surface area contributed by atoms with Gasteiger partial charge in [-0.2, -0.15) is 0 Å². The molecule has 0 bridgehead atoms. The molecule has 0 fully saturated rings. The van der Waals surface area contributed by atoms with E-state index in [1.54, 1.807) is 0 Å². The summed E-state index contributed by atoms with van der Waals surface area (Å²) < 4.78 is 2.23. The molecule has 3 rings (SSSR count). The number of nitrogens with one attached hydrogen (secondary N) is 1. The van der Waals surface area contributed by atoms with Crippen molar-refractivity contribution in [1.29, 1.82) is 0 Å². The van der Waals surface area contributed by atoms with Crippen molar-refractivity contribution in [2.24, 2.45) is 0 Å². The number of hydrogen-bond donors (Lipinski definition) is 1. The topological polar surface area (TPSA) is 50.2 Å². The lowest BCUT2D eigenvalue weighted by atomic mass is 10.0. The van der Waals surface area contributed by atoms with Crippen molar-refractivity contribution >= 4 is 17.4 Å². The van der Waals surface area contributed by atoms with E-state index in [1.165, 1.54) is 16.7 Å². The zero-order valence-electron chi connectivity index (χ0n) is 19.1. The molecule has 1 aliphatic rings. The van der Waals surface area contributed by atoms with Crippen LogP contribution in [0.2, 0.25) is 0 Å². The van der Waals surface area contributed by atoms with Gasteiger partial charge in [0.2, 0.25) is 0 Å². The first-order valence-electron chi connectivity index (χ1n) is 11.1. The zero-order valence-corrected chi connectivity index (χ0v) is 19.1. The second-order valence-electron chi connectivity index (χ2n) is 8.39. The number of carbonyl (C=O) groups excluding carboxylic acids is 1. The van der Waals surface area contributed by atoms with E-state index < -0.39 is 0 Å². The Labute approximate surface area is 175 Å². The van der Waals surface area contributed by atoms with E-state index in [2.05, 4.69) is 68.5 Å². The number of aryl methyl sites for hydroxylation is 4. The summed E-state index contributed by atoms with van der Waals surface area (Å²) >= 11 is 0. The molecule has 2 heterocycles. The lowest BCUT2D eigenvalue weighted by molar-refractivity contribution is 0.0920. The molecule has 29 heavy (non-hydrogen) atoms. The third-order valence-electron chi connectivity index (χ3n) is 6.06. The Morgan fingerprint density at radius 2 is 1.79 bits per heavy atom.